The molecule has 0 saturated heterocycles. The van der Waals surface area contributed by atoms with Crippen molar-refractivity contribution in [3.05, 3.63) is 23.3 Å². The highest BCUT2D eigenvalue weighted by Gasteiger charge is 2.22. The summed E-state index contributed by atoms with van der Waals surface area (Å²) < 4.78 is 0. The smallest absolute Gasteiger partial charge is 0.0433 e. The van der Waals surface area contributed by atoms with Crippen molar-refractivity contribution in [1.29, 1.82) is 0 Å². The van der Waals surface area contributed by atoms with Crippen LogP contribution >= 0.6 is 0 Å². The van der Waals surface area contributed by atoms with Crippen LogP contribution in [0.4, 0.5) is 0 Å². The molecule has 0 aromatic heterocycles. The molecule has 0 aliphatic heterocycles. The summed E-state index contributed by atoms with van der Waals surface area (Å²) in [6, 6.07) is 0. The number of hydrogen-bond donors (Lipinski definition) is 1. The van der Waals surface area contributed by atoms with Crippen molar-refractivity contribution in [2.24, 2.45) is 5.92 Å². The van der Waals surface area contributed by atoms with E-state index < -0.39 is 0 Å². The largest absolute Gasteiger partial charge is 0.396 e. The SMILES string of the molecule is OCCC1CCC2=CC=C2C1. The lowest BCUT2D eigenvalue weighted by Crippen LogP contribution is -2.14. The van der Waals surface area contributed by atoms with Gasteiger partial charge < -0.3 is 5.11 Å². The third kappa shape index (κ3) is 1.25. The second-order valence-corrected chi connectivity index (χ2v) is 3.50. The second kappa shape index (κ2) is 2.82. The Labute approximate surface area is 67.4 Å². The molecule has 2 aliphatic carbocycles. The van der Waals surface area contributed by atoms with E-state index in [0.717, 1.165) is 12.3 Å². The van der Waals surface area contributed by atoms with Crippen LogP contribution in [-0.2, 0) is 0 Å². The molecule has 0 bridgehead atoms. The van der Waals surface area contributed by atoms with Gasteiger partial charge >= 0.3 is 0 Å². The molecule has 0 aromatic rings. The van der Waals surface area contributed by atoms with Crippen molar-refractivity contribution in [2.75, 3.05) is 6.61 Å². The Morgan fingerprint density at radius 1 is 1.36 bits per heavy atom. The second-order valence-electron chi connectivity index (χ2n) is 3.50. The lowest BCUT2D eigenvalue weighted by Gasteiger charge is -2.29. The first-order valence-electron chi connectivity index (χ1n) is 4.41. The predicted octanol–water partition coefficient (Wildman–Crippen LogP) is 2.04. The van der Waals surface area contributed by atoms with E-state index in [1.165, 1.54) is 19.3 Å². The van der Waals surface area contributed by atoms with E-state index in [1.54, 1.807) is 11.1 Å². The third-order valence-electron chi connectivity index (χ3n) is 2.77. The van der Waals surface area contributed by atoms with Crippen molar-refractivity contribution in [2.45, 2.75) is 25.7 Å². The van der Waals surface area contributed by atoms with Crippen LogP contribution in [0.15, 0.2) is 23.3 Å². The van der Waals surface area contributed by atoms with Crippen LogP contribution in [0.3, 0.4) is 0 Å². The van der Waals surface area contributed by atoms with Gasteiger partial charge in [-0.3, -0.25) is 0 Å². The Balaban J connectivity index is 1.89. The van der Waals surface area contributed by atoms with Gasteiger partial charge in [0.25, 0.3) is 0 Å². The van der Waals surface area contributed by atoms with E-state index in [2.05, 4.69) is 12.2 Å². The molecule has 1 atom stereocenters. The van der Waals surface area contributed by atoms with Gasteiger partial charge in [0, 0.05) is 6.61 Å². The van der Waals surface area contributed by atoms with E-state index >= 15 is 0 Å². The normalized spacial score (nSPS) is 28.3. The summed E-state index contributed by atoms with van der Waals surface area (Å²) in [4.78, 5) is 0. The average molecular weight is 150 g/mol. The molecule has 1 N–H and O–H groups in total. The molecule has 60 valence electrons. The average Bonchev–Trinajstić information content (AvgIpc) is 1.96. The fraction of sp³-hybridized carbons (Fsp3) is 0.600. The van der Waals surface area contributed by atoms with Gasteiger partial charge in [-0.15, -0.1) is 0 Å². The molecular formula is C10H14O. The van der Waals surface area contributed by atoms with Crippen LogP contribution in [0.2, 0.25) is 0 Å². The summed E-state index contributed by atoms with van der Waals surface area (Å²) in [6.07, 6.45) is 9.18. The van der Waals surface area contributed by atoms with Crippen molar-refractivity contribution < 1.29 is 5.11 Å². The Morgan fingerprint density at radius 3 is 2.73 bits per heavy atom. The zero-order chi connectivity index (χ0) is 7.68. The molecule has 2 aliphatic rings. The maximum absolute atomic E-state index is 8.75. The van der Waals surface area contributed by atoms with Gasteiger partial charge in [0.05, 0.1) is 0 Å². The van der Waals surface area contributed by atoms with Gasteiger partial charge in [0.2, 0.25) is 0 Å². The van der Waals surface area contributed by atoms with Gasteiger partial charge in [-0.1, -0.05) is 12.2 Å². The summed E-state index contributed by atoms with van der Waals surface area (Å²) >= 11 is 0. The van der Waals surface area contributed by atoms with Crippen molar-refractivity contribution in [3.63, 3.8) is 0 Å². The van der Waals surface area contributed by atoms with Gasteiger partial charge in [0.15, 0.2) is 0 Å². The first kappa shape index (κ1) is 7.11. The van der Waals surface area contributed by atoms with E-state index in [-0.39, 0.29) is 0 Å². The number of allylic oxidation sites excluding steroid dienone is 4. The standard InChI is InChI=1S/C10H14O/c11-6-5-8-1-2-9-3-4-10(9)7-8/h3-4,8,11H,1-2,5-7H2. The molecule has 0 aromatic carbocycles. The van der Waals surface area contributed by atoms with Gasteiger partial charge in [-0.2, -0.15) is 0 Å². The highest BCUT2D eigenvalue weighted by Crippen LogP contribution is 2.38. The molecule has 0 heterocycles. The minimum atomic E-state index is 0.358. The fourth-order valence-electron chi connectivity index (χ4n) is 1.96. The van der Waals surface area contributed by atoms with Gasteiger partial charge in [0.1, 0.15) is 0 Å². The predicted molar refractivity (Wildman–Crippen MR) is 45.2 cm³/mol. The maximum Gasteiger partial charge on any atom is 0.0433 e. The van der Waals surface area contributed by atoms with E-state index in [1.807, 2.05) is 0 Å². The maximum atomic E-state index is 8.75. The van der Waals surface area contributed by atoms with Crippen LogP contribution in [0.25, 0.3) is 0 Å². The van der Waals surface area contributed by atoms with E-state index in [0.29, 0.717) is 6.61 Å². The zero-order valence-corrected chi connectivity index (χ0v) is 6.71. The van der Waals surface area contributed by atoms with Gasteiger partial charge in [-0.05, 0) is 42.7 Å². The Kier molecular flexibility index (Phi) is 1.82. The number of aliphatic hydroxyl groups is 1. The molecule has 11 heavy (non-hydrogen) atoms. The number of hydrogen-bond acceptors (Lipinski definition) is 1. The summed E-state index contributed by atoms with van der Waals surface area (Å²) in [5.74, 6) is 0.753. The van der Waals surface area contributed by atoms with E-state index in [4.69, 9.17) is 5.11 Å². The van der Waals surface area contributed by atoms with E-state index in [9.17, 15) is 0 Å². The van der Waals surface area contributed by atoms with Crippen LogP contribution in [0.1, 0.15) is 25.7 Å². The first-order valence-corrected chi connectivity index (χ1v) is 4.41. The lowest BCUT2D eigenvalue weighted by molar-refractivity contribution is 0.247. The molecule has 1 nitrogen and oxygen atoms in total. The zero-order valence-electron chi connectivity index (χ0n) is 6.71. The fourth-order valence-corrected chi connectivity index (χ4v) is 1.96. The minimum absolute atomic E-state index is 0.358. The van der Waals surface area contributed by atoms with Crippen LogP contribution < -0.4 is 0 Å². The monoisotopic (exact) mass is 150 g/mol. The molecule has 0 spiro atoms. The van der Waals surface area contributed by atoms with Crippen LogP contribution in [0, 0.1) is 5.92 Å². The Hall–Kier alpha value is -0.560. The Morgan fingerprint density at radius 2 is 2.18 bits per heavy atom. The number of aliphatic hydroxyl groups excluding tert-OH is 1. The molecule has 1 heteroatoms. The number of rotatable bonds is 2. The number of fused-ring (bicyclic) bond motifs is 1. The molecule has 2 rings (SSSR count). The summed E-state index contributed by atoms with van der Waals surface area (Å²) in [5.41, 5.74) is 3.12. The van der Waals surface area contributed by atoms with Crippen LogP contribution in [0.5, 0.6) is 0 Å². The minimum Gasteiger partial charge on any atom is -0.396 e. The molecule has 1 unspecified atom stereocenters. The molecule has 0 radical (unpaired) electrons. The molecule has 1 saturated carbocycles. The third-order valence-corrected chi connectivity index (χ3v) is 2.77. The topological polar surface area (TPSA) is 20.2 Å². The molecule has 0 amide bonds. The van der Waals surface area contributed by atoms with Crippen LogP contribution in [-0.4, -0.2) is 11.7 Å². The van der Waals surface area contributed by atoms with Crippen molar-refractivity contribution >= 4 is 0 Å². The summed E-state index contributed by atoms with van der Waals surface area (Å²) in [7, 11) is 0. The lowest BCUT2D eigenvalue weighted by atomic mass is 9.76. The first-order chi connectivity index (χ1) is 5.40. The molecule has 1 fully saturated rings. The van der Waals surface area contributed by atoms with Gasteiger partial charge in [-0.25, -0.2) is 0 Å². The Bertz CT molecular complexity index is 213. The highest BCUT2D eigenvalue weighted by molar-refractivity contribution is 5.46. The summed E-state index contributed by atoms with van der Waals surface area (Å²) in [6.45, 7) is 0.358. The molecular weight excluding hydrogens is 136 g/mol. The van der Waals surface area contributed by atoms with Crippen molar-refractivity contribution in [1.82, 2.24) is 0 Å². The highest BCUT2D eigenvalue weighted by atomic mass is 16.3. The quantitative estimate of drug-likeness (QED) is 0.638. The summed E-state index contributed by atoms with van der Waals surface area (Å²) in [5, 5.41) is 8.75. The van der Waals surface area contributed by atoms with Crippen molar-refractivity contribution in [3.8, 4) is 0 Å².